The molecular formula is C20H28N2O3. The van der Waals surface area contributed by atoms with Crippen LogP contribution in [0.2, 0.25) is 0 Å². The van der Waals surface area contributed by atoms with Gasteiger partial charge in [0, 0.05) is 25.0 Å². The number of amides is 2. The Kier molecular flexibility index (Phi) is 5.95. The van der Waals surface area contributed by atoms with Crippen molar-refractivity contribution in [3.05, 3.63) is 29.8 Å². The summed E-state index contributed by atoms with van der Waals surface area (Å²) in [4.78, 5) is 25.9. The highest BCUT2D eigenvalue weighted by Gasteiger charge is 2.32. The van der Waals surface area contributed by atoms with E-state index >= 15 is 0 Å². The number of nitrogens with one attached hydrogen (secondary N) is 1. The van der Waals surface area contributed by atoms with E-state index in [2.05, 4.69) is 24.4 Å². The number of ether oxygens (including phenoxy) is 1. The molecule has 2 aliphatic rings. The van der Waals surface area contributed by atoms with Crippen LogP contribution in [0.3, 0.4) is 0 Å². The molecule has 0 spiro atoms. The van der Waals surface area contributed by atoms with Crippen LogP contribution in [0, 0.1) is 5.92 Å². The van der Waals surface area contributed by atoms with Crippen molar-refractivity contribution < 1.29 is 14.3 Å². The highest BCUT2D eigenvalue weighted by Crippen LogP contribution is 2.29. The van der Waals surface area contributed by atoms with E-state index in [-0.39, 0.29) is 30.4 Å². The predicted molar refractivity (Wildman–Crippen MR) is 96.4 cm³/mol. The van der Waals surface area contributed by atoms with Gasteiger partial charge in [-0.3, -0.25) is 9.59 Å². The number of rotatable bonds is 7. The minimum absolute atomic E-state index is 0.0182. The number of likely N-dealkylation sites (tertiary alicyclic amines) is 1. The van der Waals surface area contributed by atoms with Crippen molar-refractivity contribution >= 4 is 11.8 Å². The molecule has 2 amide bonds. The van der Waals surface area contributed by atoms with Crippen LogP contribution in [0.4, 0.5) is 0 Å². The normalized spacial score (nSPS) is 18.0. The molecule has 136 valence electrons. The molecule has 5 nitrogen and oxygen atoms in total. The third kappa shape index (κ3) is 5.21. The molecule has 1 aromatic rings. The van der Waals surface area contributed by atoms with Crippen molar-refractivity contribution in [3.8, 4) is 5.75 Å². The predicted octanol–water partition coefficient (Wildman–Crippen LogP) is 2.54. The fourth-order valence-electron chi connectivity index (χ4n) is 3.22. The molecule has 1 aliphatic heterocycles. The lowest BCUT2D eigenvalue weighted by Gasteiger charge is -2.32. The second-order valence-corrected chi connectivity index (χ2v) is 7.12. The first-order valence-corrected chi connectivity index (χ1v) is 9.45. The van der Waals surface area contributed by atoms with E-state index in [1.807, 2.05) is 17.0 Å². The van der Waals surface area contributed by atoms with Crippen LogP contribution in [0.15, 0.2) is 24.3 Å². The summed E-state index contributed by atoms with van der Waals surface area (Å²) in [6.45, 7) is 3.61. The molecule has 0 bridgehead atoms. The van der Waals surface area contributed by atoms with Gasteiger partial charge in [0.15, 0.2) is 6.61 Å². The van der Waals surface area contributed by atoms with E-state index in [1.165, 1.54) is 5.56 Å². The van der Waals surface area contributed by atoms with E-state index < -0.39 is 0 Å². The van der Waals surface area contributed by atoms with Gasteiger partial charge in [-0.15, -0.1) is 0 Å². The van der Waals surface area contributed by atoms with Gasteiger partial charge in [-0.05, 0) is 49.8 Å². The molecule has 25 heavy (non-hydrogen) atoms. The summed E-state index contributed by atoms with van der Waals surface area (Å²) in [6.07, 6.45) is 5.90. The number of carbonyl (C=O) groups excluding carboxylic acids is 2. The molecule has 1 saturated carbocycles. The number of hydrogen-bond donors (Lipinski definition) is 1. The van der Waals surface area contributed by atoms with Gasteiger partial charge < -0.3 is 15.0 Å². The fraction of sp³-hybridized carbons (Fsp3) is 0.600. The van der Waals surface area contributed by atoms with Crippen LogP contribution in [0.1, 0.15) is 44.6 Å². The highest BCUT2D eigenvalue weighted by atomic mass is 16.5. The van der Waals surface area contributed by atoms with Gasteiger partial charge >= 0.3 is 0 Å². The van der Waals surface area contributed by atoms with Crippen LogP contribution in [-0.2, 0) is 16.0 Å². The molecule has 0 aromatic heterocycles. The Morgan fingerprint density at radius 2 is 1.80 bits per heavy atom. The zero-order valence-corrected chi connectivity index (χ0v) is 15.0. The largest absolute Gasteiger partial charge is 0.484 e. The Morgan fingerprint density at radius 1 is 1.12 bits per heavy atom. The van der Waals surface area contributed by atoms with Gasteiger partial charge in [0.1, 0.15) is 5.75 Å². The smallest absolute Gasteiger partial charge is 0.260 e. The first kappa shape index (κ1) is 17.8. The van der Waals surface area contributed by atoms with Crippen molar-refractivity contribution in [2.24, 2.45) is 5.92 Å². The van der Waals surface area contributed by atoms with Crippen molar-refractivity contribution in [2.75, 3.05) is 19.7 Å². The topological polar surface area (TPSA) is 58.6 Å². The van der Waals surface area contributed by atoms with Gasteiger partial charge in [0.25, 0.3) is 5.91 Å². The Morgan fingerprint density at radius 3 is 2.40 bits per heavy atom. The lowest BCUT2D eigenvalue weighted by molar-refractivity contribution is -0.134. The highest BCUT2D eigenvalue weighted by molar-refractivity contribution is 5.81. The van der Waals surface area contributed by atoms with Gasteiger partial charge in [0.05, 0.1) is 0 Å². The summed E-state index contributed by atoms with van der Waals surface area (Å²) in [7, 11) is 0. The molecule has 1 N–H and O–H groups in total. The zero-order valence-electron chi connectivity index (χ0n) is 15.0. The average Bonchev–Trinajstić information content (AvgIpc) is 3.47. The van der Waals surface area contributed by atoms with Crippen LogP contribution in [-0.4, -0.2) is 42.5 Å². The third-order valence-electron chi connectivity index (χ3n) is 4.97. The van der Waals surface area contributed by atoms with Gasteiger partial charge in [-0.1, -0.05) is 25.5 Å². The van der Waals surface area contributed by atoms with Gasteiger partial charge in [-0.2, -0.15) is 0 Å². The molecule has 1 aromatic carbocycles. The van der Waals surface area contributed by atoms with E-state index in [0.717, 1.165) is 44.3 Å². The molecule has 0 radical (unpaired) electrons. The van der Waals surface area contributed by atoms with E-state index in [4.69, 9.17) is 4.74 Å². The molecular weight excluding hydrogens is 316 g/mol. The van der Waals surface area contributed by atoms with E-state index in [0.29, 0.717) is 13.1 Å². The second-order valence-electron chi connectivity index (χ2n) is 7.12. The van der Waals surface area contributed by atoms with Crippen LogP contribution in [0.25, 0.3) is 0 Å². The monoisotopic (exact) mass is 344 g/mol. The maximum Gasteiger partial charge on any atom is 0.260 e. The molecule has 1 aliphatic carbocycles. The zero-order chi connectivity index (χ0) is 17.6. The number of carbonyl (C=O) groups is 2. The molecule has 0 atom stereocenters. The molecule has 1 heterocycles. The van der Waals surface area contributed by atoms with Crippen molar-refractivity contribution in [1.29, 1.82) is 0 Å². The Bertz CT molecular complexity index is 587. The lowest BCUT2D eigenvalue weighted by Crippen LogP contribution is -2.48. The van der Waals surface area contributed by atoms with Crippen molar-refractivity contribution in [2.45, 2.75) is 51.5 Å². The summed E-state index contributed by atoms with van der Waals surface area (Å²) >= 11 is 0. The quantitative estimate of drug-likeness (QED) is 0.827. The van der Waals surface area contributed by atoms with Gasteiger partial charge in [0.2, 0.25) is 5.91 Å². The van der Waals surface area contributed by atoms with Crippen molar-refractivity contribution in [1.82, 2.24) is 10.2 Å². The Balaban J connectivity index is 1.38. The standard InChI is InChI=1S/C20H28N2O3/c1-2-3-15-4-8-18(9-5-15)25-14-19(23)22-12-10-17(11-13-22)21-20(24)16-6-7-16/h4-5,8-9,16-17H,2-3,6-7,10-14H2,1H3,(H,21,24). The summed E-state index contributed by atoms with van der Waals surface area (Å²) in [6, 6.07) is 8.18. The maximum atomic E-state index is 12.3. The van der Waals surface area contributed by atoms with Crippen LogP contribution in [0.5, 0.6) is 5.75 Å². The third-order valence-corrected chi connectivity index (χ3v) is 4.97. The Hall–Kier alpha value is -2.04. The van der Waals surface area contributed by atoms with E-state index in [9.17, 15) is 9.59 Å². The molecule has 5 heteroatoms. The minimum Gasteiger partial charge on any atom is -0.484 e. The summed E-state index contributed by atoms with van der Waals surface area (Å²) in [5.41, 5.74) is 1.29. The molecule has 1 saturated heterocycles. The fourth-order valence-corrected chi connectivity index (χ4v) is 3.22. The molecule has 2 fully saturated rings. The Labute approximate surface area is 149 Å². The number of hydrogen-bond acceptors (Lipinski definition) is 3. The number of aryl methyl sites for hydroxylation is 1. The SMILES string of the molecule is CCCc1ccc(OCC(=O)N2CCC(NC(=O)C3CC3)CC2)cc1. The van der Waals surface area contributed by atoms with Crippen LogP contribution < -0.4 is 10.1 Å². The lowest BCUT2D eigenvalue weighted by atomic mass is 10.0. The first-order valence-electron chi connectivity index (χ1n) is 9.45. The number of benzene rings is 1. The van der Waals surface area contributed by atoms with Crippen molar-refractivity contribution in [3.63, 3.8) is 0 Å². The van der Waals surface area contributed by atoms with Gasteiger partial charge in [-0.25, -0.2) is 0 Å². The minimum atomic E-state index is 0.0182. The van der Waals surface area contributed by atoms with Crippen LogP contribution >= 0.6 is 0 Å². The average molecular weight is 344 g/mol. The summed E-state index contributed by atoms with van der Waals surface area (Å²) < 4.78 is 5.62. The second kappa shape index (κ2) is 8.37. The molecule has 3 rings (SSSR count). The number of piperidine rings is 1. The summed E-state index contributed by atoms with van der Waals surface area (Å²) in [5, 5.41) is 3.11. The maximum absolute atomic E-state index is 12.3. The number of nitrogens with zero attached hydrogens (tertiary/aromatic N) is 1. The molecule has 0 unspecified atom stereocenters. The first-order chi connectivity index (χ1) is 12.2. The van der Waals surface area contributed by atoms with E-state index in [1.54, 1.807) is 0 Å². The summed E-state index contributed by atoms with van der Waals surface area (Å²) in [5.74, 6) is 1.20.